The van der Waals surface area contributed by atoms with Crippen molar-refractivity contribution >= 4 is 15.9 Å². The lowest BCUT2D eigenvalue weighted by Gasteiger charge is -2.20. The Morgan fingerprint density at radius 3 is 2.70 bits per heavy atom. The van der Waals surface area contributed by atoms with E-state index in [-0.39, 0.29) is 6.04 Å². The molecule has 1 atom stereocenters. The minimum Gasteiger partial charge on any atom is -0.305 e. The first-order chi connectivity index (χ1) is 9.58. The van der Waals surface area contributed by atoms with Gasteiger partial charge in [-0.1, -0.05) is 6.92 Å². The third kappa shape index (κ3) is 2.96. The Balaban J connectivity index is 2.46. The van der Waals surface area contributed by atoms with Crippen LogP contribution in [0.1, 0.15) is 43.3 Å². The van der Waals surface area contributed by atoms with Crippen molar-refractivity contribution in [1.29, 1.82) is 0 Å². The van der Waals surface area contributed by atoms with E-state index in [1.54, 1.807) is 0 Å². The molecule has 0 spiro atoms. The first-order valence-electron chi connectivity index (χ1n) is 7.03. The Bertz CT molecular complexity index is 572. The highest BCUT2D eigenvalue weighted by Crippen LogP contribution is 2.30. The highest BCUT2D eigenvalue weighted by atomic mass is 79.9. The summed E-state index contributed by atoms with van der Waals surface area (Å²) in [6, 6.07) is 0.112. The molecule has 0 amide bonds. The second kappa shape index (κ2) is 6.54. The molecule has 0 aliphatic rings. The van der Waals surface area contributed by atoms with E-state index in [1.165, 1.54) is 5.56 Å². The maximum Gasteiger partial charge on any atom is 0.0793 e. The molecule has 0 saturated carbocycles. The maximum absolute atomic E-state index is 4.47. The molecular weight excluding hydrogens is 318 g/mol. The van der Waals surface area contributed by atoms with Crippen LogP contribution in [0.3, 0.4) is 0 Å². The van der Waals surface area contributed by atoms with E-state index in [0.717, 1.165) is 35.4 Å². The molecule has 1 unspecified atom stereocenters. The molecule has 0 aromatic carbocycles. The Labute approximate surface area is 128 Å². The zero-order valence-electron chi connectivity index (χ0n) is 12.5. The van der Waals surface area contributed by atoms with Gasteiger partial charge in [0.15, 0.2) is 0 Å². The Morgan fingerprint density at radius 1 is 1.40 bits per heavy atom. The van der Waals surface area contributed by atoms with Gasteiger partial charge in [-0.3, -0.25) is 9.36 Å². The molecule has 1 N–H and O–H groups in total. The van der Waals surface area contributed by atoms with Gasteiger partial charge < -0.3 is 5.32 Å². The van der Waals surface area contributed by atoms with Crippen molar-refractivity contribution in [3.8, 4) is 0 Å². The molecule has 0 fully saturated rings. The monoisotopic (exact) mass is 339 g/mol. The van der Waals surface area contributed by atoms with Crippen molar-refractivity contribution in [3.05, 3.63) is 33.8 Å². The molecule has 2 aromatic heterocycles. The lowest BCUT2D eigenvalue weighted by molar-refractivity contribution is 0.526. The van der Waals surface area contributed by atoms with E-state index in [4.69, 9.17) is 0 Å². The van der Waals surface area contributed by atoms with Crippen LogP contribution < -0.4 is 5.32 Å². The highest BCUT2D eigenvalue weighted by Gasteiger charge is 2.24. The average molecular weight is 340 g/mol. The van der Waals surface area contributed by atoms with Gasteiger partial charge in [0.05, 0.1) is 28.1 Å². The SMILES string of the molecule is CCCNC(c1cn(C)nc1C)c1c(Br)cnn1CC. The maximum atomic E-state index is 4.47. The van der Waals surface area contributed by atoms with Crippen molar-refractivity contribution in [2.24, 2.45) is 7.05 Å². The number of nitrogens with one attached hydrogen (secondary N) is 1. The predicted octanol–water partition coefficient (Wildman–Crippen LogP) is 2.80. The molecule has 0 aliphatic carbocycles. The topological polar surface area (TPSA) is 47.7 Å². The van der Waals surface area contributed by atoms with E-state index in [2.05, 4.69) is 58.4 Å². The lowest BCUT2D eigenvalue weighted by Crippen LogP contribution is -2.26. The molecule has 0 bridgehead atoms. The summed E-state index contributed by atoms with van der Waals surface area (Å²) in [4.78, 5) is 0. The predicted molar refractivity (Wildman–Crippen MR) is 83.7 cm³/mol. The van der Waals surface area contributed by atoms with Crippen molar-refractivity contribution in [2.75, 3.05) is 6.54 Å². The van der Waals surface area contributed by atoms with E-state index in [1.807, 2.05) is 22.6 Å². The van der Waals surface area contributed by atoms with E-state index < -0.39 is 0 Å². The molecule has 5 nitrogen and oxygen atoms in total. The molecule has 0 aliphatic heterocycles. The molecule has 0 radical (unpaired) electrons. The van der Waals surface area contributed by atoms with E-state index >= 15 is 0 Å². The number of rotatable bonds is 6. The molecule has 110 valence electrons. The normalized spacial score (nSPS) is 12.8. The smallest absolute Gasteiger partial charge is 0.0793 e. The van der Waals surface area contributed by atoms with Crippen molar-refractivity contribution in [2.45, 2.75) is 39.8 Å². The third-order valence-corrected chi connectivity index (χ3v) is 3.98. The summed E-state index contributed by atoms with van der Waals surface area (Å²) >= 11 is 3.63. The van der Waals surface area contributed by atoms with Crippen LogP contribution in [-0.2, 0) is 13.6 Å². The zero-order chi connectivity index (χ0) is 14.7. The molecule has 20 heavy (non-hydrogen) atoms. The summed E-state index contributed by atoms with van der Waals surface area (Å²) in [5.74, 6) is 0. The zero-order valence-corrected chi connectivity index (χ0v) is 14.1. The molecule has 2 aromatic rings. The number of halogens is 1. The summed E-state index contributed by atoms with van der Waals surface area (Å²) in [7, 11) is 1.96. The van der Waals surface area contributed by atoms with Crippen LogP contribution in [0.5, 0.6) is 0 Å². The van der Waals surface area contributed by atoms with E-state index in [9.17, 15) is 0 Å². The van der Waals surface area contributed by atoms with Gasteiger partial charge in [-0.2, -0.15) is 10.2 Å². The van der Waals surface area contributed by atoms with Crippen LogP contribution in [0.15, 0.2) is 16.9 Å². The quantitative estimate of drug-likeness (QED) is 0.880. The van der Waals surface area contributed by atoms with Crippen molar-refractivity contribution < 1.29 is 0 Å². The highest BCUT2D eigenvalue weighted by molar-refractivity contribution is 9.10. The second-order valence-corrected chi connectivity index (χ2v) is 5.78. The number of hydrogen-bond acceptors (Lipinski definition) is 3. The Hall–Kier alpha value is -1.14. The number of hydrogen-bond donors (Lipinski definition) is 1. The third-order valence-electron chi connectivity index (χ3n) is 3.37. The number of nitrogens with zero attached hydrogens (tertiary/aromatic N) is 4. The van der Waals surface area contributed by atoms with Crippen molar-refractivity contribution in [1.82, 2.24) is 24.9 Å². The minimum absolute atomic E-state index is 0.112. The van der Waals surface area contributed by atoms with Gasteiger partial charge in [0.1, 0.15) is 0 Å². The molecular formula is C14H22BrN5. The summed E-state index contributed by atoms with van der Waals surface area (Å²) in [6.45, 7) is 8.14. The average Bonchev–Trinajstić information content (AvgIpc) is 2.94. The van der Waals surface area contributed by atoms with Crippen LogP contribution in [0, 0.1) is 6.92 Å². The Kier molecular flexibility index (Phi) is 4.99. The van der Waals surface area contributed by atoms with Gasteiger partial charge in [-0.05, 0) is 42.7 Å². The molecule has 2 heterocycles. The van der Waals surface area contributed by atoms with Crippen LogP contribution in [0.2, 0.25) is 0 Å². The summed E-state index contributed by atoms with van der Waals surface area (Å²) in [5.41, 5.74) is 3.42. The van der Waals surface area contributed by atoms with E-state index in [0.29, 0.717) is 0 Å². The standard InChI is InChI=1S/C14H22BrN5/c1-5-7-16-13(11-9-19(4)18-10(11)3)14-12(15)8-17-20(14)6-2/h8-9,13,16H,5-7H2,1-4H3. The largest absolute Gasteiger partial charge is 0.305 e. The van der Waals surface area contributed by atoms with Crippen LogP contribution in [0.4, 0.5) is 0 Å². The fourth-order valence-electron chi connectivity index (χ4n) is 2.45. The van der Waals surface area contributed by atoms with Crippen LogP contribution >= 0.6 is 15.9 Å². The second-order valence-electron chi connectivity index (χ2n) is 4.92. The van der Waals surface area contributed by atoms with Gasteiger partial charge in [-0.25, -0.2) is 0 Å². The summed E-state index contributed by atoms with van der Waals surface area (Å²) in [5, 5.41) is 12.5. The van der Waals surface area contributed by atoms with Gasteiger partial charge in [0.2, 0.25) is 0 Å². The van der Waals surface area contributed by atoms with Gasteiger partial charge in [-0.15, -0.1) is 0 Å². The molecule has 2 rings (SSSR count). The number of aryl methyl sites for hydroxylation is 3. The van der Waals surface area contributed by atoms with Gasteiger partial charge in [0.25, 0.3) is 0 Å². The van der Waals surface area contributed by atoms with Gasteiger partial charge >= 0.3 is 0 Å². The van der Waals surface area contributed by atoms with Crippen LogP contribution in [-0.4, -0.2) is 26.1 Å². The summed E-state index contributed by atoms with van der Waals surface area (Å²) < 4.78 is 4.94. The first kappa shape index (κ1) is 15.3. The van der Waals surface area contributed by atoms with Crippen LogP contribution in [0.25, 0.3) is 0 Å². The number of aromatic nitrogens is 4. The fraction of sp³-hybridized carbons (Fsp3) is 0.571. The van der Waals surface area contributed by atoms with Crippen molar-refractivity contribution in [3.63, 3.8) is 0 Å². The molecule has 0 saturated heterocycles. The Morgan fingerprint density at radius 2 is 2.15 bits per heavy atom. The molecule has 6 heteroatoms. The minimum atomic E-state index is 0.112. The lowest BCUT2D eigenvalue weighted by atomic mass is 10.0. The van der Waals surface area contributed by atoms with Gasteiger partial charge in [0, 0.05) is 25.4 Å². The summed E-state index contributed by atoms with van der Waals surface area (Å²) in [6.07, 6.45) is 5.04. The fourth-order valence-corrected chi connectivity index (χ4v) is 2.98. The first-order valence-corrected chi connectivity index (χ1v) is 7.82.